The molecule has 70 valence electrons. The molecule has 1 saturated carbocycles. The topological polar surface area (TPSA) is 26.0 Å². The van der Waals surface area contributed by atoms with Gasteiger partial charge in [0, 0.05) is 11.6 Å². The Morgan fingerprint density at radius 2 is 2.25 bits per heavy atom. The fraction of sp³-hybridized carbons (Fsp3) is 0.818. The summed E-state index contributed by atoms with van der Waals surface area (Å²) in [6, 6.07) is 0. The second kappa shape index (κ2) is 3.97. The minimum absolute atomic E-state index is 0.579. The summed E-state index contributed by atoms with van der Waals surface area (Å²) in [4.78, 5) is 0. The van der Waals surface area contributed by atoms with E-state index in [1.54, 1.807) is 0 Å². The molecule has 1 aliphatic carbocycles. The molecule has 1 fully saturated rings. The summed E-state index contributed by atoms with van der Waals surface area (Å²) in [5.74, 6) is 2.31. The molecular weight excluding hydrogens is 146 g/mol. The van der Waals surface area contributed by atoms with Gasteiger partial charge in [0.2, 0.25) is 0 Å². The van der Waals surface area contributed by atoms with Crippen LogP contribution in [0.15, 0.2) is 12.3 Å². The maximum absolute atomic E-state index is 5.78. The number of nitrogens with two attached hydrogens (primary N) is 1. The molecule has 12 heavy (non-hydrogen) atoms. The smallest absolute Gasteiger partial charge is 0.00417 e. The van der Waals surface area contributed by atoms with E-state index in [9.17, 15) is 0 Å². The van der Waals surface area contributed by atoms with Crippen molar-refractivity contribution in [2.45, 2.75) is 39.5 Å². The lowest BCUT2D eigenvalue weighted by Gasteiger charge is -2.21. The van der Waals surface area contributed by atoms with Crippen LogP contribution in [-0.4, -0.2) is 0 Å². The molecule has 1 aliphatic rings. The van der Waals surface area contributed by atoms with Gasteiger partial charge in [-0.15, -0.1) is 0 Å². The van der Waals surface area contributed by atoms with Gasteiger partial charge in [-0.05, 0) is 31.1 Å². The molecule has 0 aromatic carbocycles. The minimum Gasteiger partial charge on any atom is -0.402 e. The van der Waals surface area contributed by atoms with Crippen molar-refractivity contribution in [1.29, 1.82) is 0 Å². The second-order valence-corrected chi connectivity index (χ2v) is 4.27. The van der Waals surface area contributed by atoms with Crippen LogP contribution in [0.25, 0.3) is 0 Å². The molecule has 0 spiro atoms. The van der Waals surface area contributed by atoms with Crippen LogP contribution >= 0.6 is 0 Å². The van der Waals surface area contributed by atoms with Crippen LogP contribution in [0.3, 0.4) is 0 Å². The van der Waals surface area contributed by atoms with Crippen LogP contribution in [0.1, 0.15) is 39.5 Å². The summed E-state index contributed by atoms with van der Waals surface area (Å²) < 4.78 is 0. The summed E-state index contributed by atoms with van der Waals surface area (Å²) >= 11 is 0. The zero-order valence-corrected chi connectivity index (χ0v) is 8.34. The van der Waals surface area contributed by atoms with Gasteiger partial charge in [0.25, 0.3) is 0 Å². The Morgan fingerprint density at radius 1 is 1.58 bits per heavy atom. The number of rotatable bonds is 3. The highest BCUT2D eigenvalue weighted by Gasteiger charge is 2.28. The SMILES string of the molecule is C=C(N)C(CC)[C@H]1CC[C@@H](C)C1. The molecule has 0 bridgehead atoms. The van der Waals surface area contributed by atoms with E-state index in [-0.39, 0.29) is 0 Å². The largest absolute Gasteiger partial charge is 0.402 e. The molecule has 1 unspecified atom stereocenters. The van der Waals surface area contributed by atoms with E-state index < -0.39 is 0 Å². The third-order valence-electron chi connectivity index (χ3n) is 3.22. The van der Waals surface area contributed by atoms with E-state index in [4.69, 9.17) is 5.73 Å². The Balaban J connectivity index is 2.49. The van der Waals surface area contributed by atoms with Crippen molar-refractivity contribution in [2.24, 2.45) is 23.5 Å². The number of hydrogen-bond acceptors (Lipinski definition) is 1. The standard InChI is InChI=1S/C11H21N/c1-4-11(9(3)12)10-6-5-8(2)7-10/h8,10-11H,3-7,12H2,1-2H3/t8-,10+,11?/m1/s1. The lowest BCUT2D eigenvalue weighted by molar-refractivity contribution is 0.365. The van der Waals surface area contributed by atoms with E-state index in [2.05, 4.69) is 20.4 Å². The van der Waals surface area contributed by atoms with Crippen LogP contribution in [0, 0.1) is 17.8 Å². The molecule has 1 nitrogen and oxygen atoms in total. The molecule has 0 aliphatic heterocycles. The van der Waals surface area contributed by atoms with E-state index >= 15 is 0 Å². The van der Waals surface area contributed by atoms with Crippen molar-refractivity contribution in [3.63, 3.8) is 0 Å². The van der Waals surface area contributed by atoms with E-state index in [1.807, 2.05) is 0 Å². The quantitative estimate of drug-likeness (QED) is 0.687. The molecule has 1 heteroatoms. The van der Waals surface area contributed by atoms with Gasteiger partial charge in [0.05, 0.1) is 0 Å². The molecular formula is C11H21N. The van der Waals surface area contributed by atoms with Crippen LogP contribution in [-0.2, 0) is 0 Å². The second-order valence-electron chi connectivity index (χ2n) is 4.27. The van der Waals surface area contributed by atoms with Gasteiger partial charge in [-0.3, -0.25) is 0 Å². The molecule has 0 amide bonds. The first-order valence-electron chi connectivity index (χ1n) is 5.09. The van der Waals surface area contributed by atoms with E-state index in [1.165, 1.54) is 19.3 Å². The summed E-state index contributed by atoms with van der Waals surface area (Å²) in [5, 5.41) is 0. The summed E-state index contributed by atoms with van der Waals surface area (Å²) in [6.07, 6.45) is 5.26. The van der Waals surface area contributed by atoms with Gasteiger partial charge >= 0.3 is 0 Å². The zero-order valence-electron chi connectivity index (χ0n) is 8.34. The average Bonchev–Trinajstić information content (AvgIpc) is 2.37. The van der Waals surface area contributed by atoms with E-state index in [0.29, 0.717) is 5.92 Å². The molecule has 0 heterocycles. The Hall–Kier alpha value is -0.460. The van der Waals surface area contributed by atoms with Crippen LogP contribution in [0.5, 0.6) is 0 Å². The first-order valence-corrected chi connectivity index (χ1v) is 5.09. The van der Waals surface area contributed by atoms with Crippen molar-refractivity contribution in [2.75, 3.05) is 0 Å². The highest BCUT2D eigenvalue weighted by atomic mass is 14.6. The van der Waals surface area contributed by atoms with Gasteiger partial charge in [-0.2, -0.15) is 0 Å². The summed E-state index contributed by atoms with van der Waals surface area (Å²) in [6.45, 7) is 8.43. The third-order valence-corrected chi connectivity index (χ3v) is 3.22. The molecule has 3 atom stereocenters. The van der Waals surface area contributed by atoms with Crippen LogP contribution in [0.2, 0.25) is 0 Å². The van der Waals surface area contributed by atoms with Gasteiger partial charge in [0.1, 0.15) is 0 Å². The van der Waals surface area contributed by atoms with Gasteiger partial charge in [-0.1, -0.05) is 26.8 Å². The van der Waals surface area contributed by atoms with Crippen molar-refractivity contribution in [3.8, 4) is 0 Å². The fourth-order valence-electron chi connectivity index (χ4n) is 2.51. The predicted octanol–water partition coefficient (Wildman–Crippen LogP) is 2.92. The Labute approximate surface area is 76.0 Å². The lowest BCUT2D eigenvalue weighted by atomic mass is 9.86. The molecule has 0 aromatic heterocycles. The van der Waals surface area contributed by atoms with Crippen molar-refractivity contribution in [3.05, 3.63) is 12.3 Å². The van der Waals surface area contributed by atoms with Gasteiger partial charge < -0.3 is 5.73 Å². The molecule has 0 saturated heterocycles. The normalized spacial score (nSPS) is 31.8. The Bertz CT molecular complexity index is 162. The van der Waals surface area contributed by atoms with Crippen molar-refractivity contribution < 1.29 is 0 Å². The monoisotopic (exact) mass is 167 g/mol. The highest BCUT2D eigenvalue weighted by Crippen LogP contribution is 2.38. The van der Waals surface area contributed by atoms with Crippen molar-refractivity contribution >= 4 is 0 Å². The molecule has 1 rings (SSSR count). The maximum Gasteiger partial charge on any atom is 0.00417 e. The van der Waals surface area contributed by atoms with E-state index in [0.717, 1.165) is 24.0 Å². The maximum atomic E-state index is 5.78. The zero-order chi connectivity index (χ0) is 9.14. The highest BCUT2D eigenvalue weighted by molar-refractivity contribution is 4.98. The van der Waals surface area contributed by atoms with Gasteiger partial charge in [0.15, 0.2) is 0 Å². The number of hydrogen-bond donors (Lipinski definition) is 1. The number of allylic oxidation sites excluding steroid dienone is 1. The fourth-order valence-corrected chi connectivity index (χ4v) is 2.51. The molecule has 0 radical (unpaired) electrons. The summed E-state index contributed by atoms with van der Waals surface area (Å²) in [7, 11) is 0. The minimum atomic E-state index is 0.579. The molecule has 0 aromatic rings. The lowest BCUT2D eigenvalue weighted by Crippen LogP contribution is -2.18. The first kappa shape index (κ1) is 9.63. The van der Waals surface area contributed by atoms with Gasteiger partial charge in [-0.25, -0.2) is 0 Å². The van der Waals surface area contributed by atoms with Crippen LogP contribution < -0.4 is 5.73 Å². The predicted molar refractivity (Wildman–Crippen MR) is 53.6 cm³/mol. The average molecular weight is 167 g/mol. The summed E-state index contributed by atoms with van der Waals surface area (Å²) in [5.41, 5.74) is 6.68. The third kappa shape index (κ3) is 2.02. The van der Waals surface area contributed by atoms with Crippen molar-refractivity contribution in [1.82, 2.24) is 0 Å². The van der Waals surface area contributed by atoms with Crippen LogP contribution in [0.4, 0.5) is 0 Å². The Kier molecular flexibility index (Phi) is 3.19. The first-order chi connectivity index (χ1) is 5.65. The Morgan fingerprint density at radius 3 is 2.58 bits per heavy atom. The molecule has 2 N–H and O–H groups in total.